The summed E-state index contributed by atoms with van der Waals surface area (Å²) in [7, 11) is 0. The minimum atomic E-state index is -1.55. The fourth-order valence-electron chi connectivity index (χ4n) is 2.32. The second-order valence-electron chi connectivity index (χ2n) is 4.62. The Hall–Kier alpha value is -2.75. The molecule has 1 aliphatic heterocycles. The molecular weight excluding hydrogens is 300 g/mol. The highest BCUT2D eigenvalue weighted by Crippen LogP contribution is 2.41. The molecule has 3 N–H and O–H groups in total. The number of halogens is 2. The highest BCUT2D eigenvalue weighted by Gasteiger charge is 2.33. The Balaban J connectivity index is 2.11. The molecule has 0 fully saturated rings. The van der Waals surface area contributed by atoms with Crippen LogP contribution in [-0.4, -0.2) is 28.0 Å². The van der Waals surface area contributed by atoms with E-state index >= 15 is 0 Å². The lowest BCUT2D eigenvalue weighted by molar-refractivity contribution is -0.387. The topological polar surface area (TPSA) is 110 Å². The number of nitro benzene ring substituents is 1. The molecule has 0 spiro atoms. The fraction of sp³-hybridized carbons (Fsp3) is 0.250. The van der Waals surface area contributed by atoms with Gasteiger partial charge in [0.1, 0.15) is 12.8 Å². The van der Waals surface area contributed by atoms with Crippen molar-refractivity contribution in [3.8, 4) is 5.75 Å². The SMILES string of the molecule is NC(c1cnc[nH]1)N1CCOc2c1cc([N+](=O)[O-])c(F)c2F. The van der Waals surface area contributed by atoms with E-state index in [4.69, 9.17) is 10.5 Å². The van der Waals surface area contributed by atoms with Crippen LogP contribution in [0.1, 0.15) is 11.9 Å². The molecule has 22 heavy (non-hydrogen) atoms. The van der Waals surface area contributed by atoms with Gasteiger partial charge in [0.15, 0.2) is 5.75 Å². The summed E-state index contributed by atoms with van der Waals surface area (Å²) in [6.45, 7) is 0.332. The van der Waals surface area contributed by atoms with Crippen LogP contribution in [0.3, 0.4) is 0 Å². The first kappa shape index (κ1) is 14.2. The lowest BCUT2D eigenvalue weighted by Crippen LogP contribution is -2.40. The third-order valence-corrected chi connectivity index (χ3v) is 3.38. The quantitative estimate of drug-likeness (QED) is 0.655. The summed E-state index contributed by atoms with van der Waals surface area (Å²) in [6, 6.07) is 0.920. The average molecular weight is 311 g/mol. The third kappa shape index (κ3) is 2.13. The molecular formula is C12H11F2N5O3. The summed E-state index contributed by atoms with van der Waals surface area (Å²) in [6.07, 6.45) is 2.15. The highest BCUT2D eigenvalue weighted by molar-refractivity contribution is 5.66. The van der Waals surface area contributed by atoms with Crippen molar-refractivity contribution in [3.05, 3.63) is 46.0 Å². The zero-order valence-corrected chi connectivity index (χ0v) is 11.1. The number of rotatable bonds is 3. The molecule has 2 heterocycles. The Morgan fingerprint density at radius 1 is 1.50 bits per heavy atom. The second kappa shape index (κ2) is 5.22. The van der Waals surface area contributed by atoms with E-state index in [1.54, 1.807) is 0 Å². The standard InChI is InChI=1S/C12H11F2N5O3/c13-9-7(19(20)21)3-8-11(10(9)14)22-2-1-18(8)12(15)6-4-16-5-17-6/h3-5,12H,1-2,15H2,(H,16,17). The van der Waals surface area contributed by atoms with Crippen LogP contribution in [-0.2, 0) is 0 Å². The Labute approximate surface area is 122 Å². The molecule has 0 aliphatic carbocycles. The average Bonchev–Trinajstić information content (AvgIpc) is 3.03. The number of nitrogens with two attached hydrogens (primary N) is 1. The van der Waals surface area contributed by atoms with Gasteiger partial charge in [-0.05, 0) is 0 Å². The van der Waals surface area contributed by atoms with Gasteiger partial charge in [-0.3, -0.25) is 10.1 Å². The van der Waals surface area contributed by atoms with Gasteiger partial charge in [0.25, 0.3) is 0 Å². The van der Waals surface area contributed by atoms with Crippen molar-refractivity contribution < 1.29 is 18.4 Å². The number of aromatic amines is 1. The van der Waals surface area contributed by atoms with E-state index in [0.717, 1.165) is 6.07 Å². The molecule has 3 rings (SSSR count). The number of benzene rings is 1. The molecule has 0 amide bonds. The molecule has 0 radical (unpaired) electrons. The van der Waals surface area contributed by atoms with Crippen molar-refractivity contribution in [2.75, 3.05) is 18.1 Å². The first-order valence-electron chi connectivity index (χ1n) is 6.30. The predicted molar refractivity (Wildman–Crippen MR) is 71.4 cm³/mol. The first-order valence-corrected chi connectivity index (χ1v) is 6.30. The number of anilines is 1. The van der Waals surface area contributed by atoms with Crippen molar-refractivity contribution in [3.63, 3.8) is 0 Å². The van der Waals surface area contributed by atoms with Crippen LogP contribution in [0.25, 0.3) is 0 Å². The molecule has 0 bridgehead atoms. The monoisotopic (exact) mass is 311 g/mol. The van der Waals surface area contributed by atoms with E-state index in [1.165, 1.54) is 17.4 Å². The number of nitro groups is 1. The molecule has 0 saturated carbocycles. The van der Waals surface area contributed by atoms with E-state index in [0.29, 0.717) is 5.69 Å². The van der Waals surface area contributed by atoms with Crippen LogP contribution in [0.2, 0.25) is 0 Å². The molecule has 1 aromatic heterocycles. The maximum atomic E-state index is 14.0. The zero-order chi connectivity index (χ0) is 15.9. The summed E-state index contributed by atoms with van der Waals surface area (Å²) >= 11 is 0. The molecule has 8 nitrogen and oxygen atoms in total. The summed E-state index contributed by atoms with van der Waals surface area (Å²) < 4.78 is 32.8. The largest absolute Gasteiger partial charge is 0.486 e. The third-order valence-electron chi connectivity index (χ3n) is 3.38. The minimum Gasteiger partial charge on any atom is -0.486 e. The van der Waals surface area contributed by atoms with E-state index in [2.05, 4.69) is 9.97 Å². The summed E-state index contributed by atoms with van der Waals surface area (Å²) in [5.74, 6) is -3.34. The molecule has 1 unspecified atom stereocenters. The van der Waals surface area contributed by atoms with E-state index in [-0.39, 0.29) is 24.6 Å². The molecule has 10 heteroatoms. The van der Waals surface area contributed by atoms with Gasteiger partial charge in [0.2, 0.25) is 11.6 Å². The minimum absolute atomic E-state index is 0.0268. The normalized spacial score (nSPS) is 15.1. The van der Waals surface area contributed by atoms with Crippen molar-refractivity contribution in [1.82, 2.24) is 9.97 Å². The molecule has 116 valence electrons. The van der Waals surface area contributed by atoms with Crippen LogP contribution in [0.15, 0.2) is 18.6 Å². The predicted octanol–water partition coefficient (Wildman–Crippen LogP) is 1.45. The van der Waals surface area contributed by atoms with E-state index in [1.807, 2.05) is 0 Å². The Morgan fingerprint density at radius 3 is 2.91 bits per heavy atom. The molecule has 0 saturated heterocycles. The van der Waals surface area contributed by atoms with Gasteiger partial charge in [-0.15, -0.1) is 0 Å². The number of nitrogens with one attached hydrogen (secondary N) is 1. The van der Waals surface area contributed by atoms with Crippen LogP contribution in [0.4, 0.5) is 20.2 Å². The molecule has 1 aromatic carbocycles. The molecule has 1 aliphatic rings. The fourth-order valence-corrected chi connectivity index (χ4v) is 2.32. The van der Waals surface area contributed by atoms with Crippen molar-refractivity contribution >= 4 is 11.4 Å². The molecule has 2 aromatic rings. The summed E-state index contributed by atoms with van der Waals surface area (Å²) in [5, 5.41) is 10.9. The van der Waals surface area contributed by atoms with Gasteiger partial charge in [0.05, 0.1) is 35.4 Å². The number of imidazole rings is 1. The second-order valence-corrected chi connectivity index (χ2v) is 4.62. The smallest absolute Gasteiger partial charge is 0.310 e. The van der Waals surface area contributed by atoms with Gasteiger partial charge >= 0.3 is 5.69 Å². The first-order chi connectivity index (χ1) is 10.5. The van der Waals surface area contributed by atoms with Gasteiger partial charge in [-0.2, -0.15) is 8.78 Å². The maximum Gasteiger partial charge on any atom is 0.310 e. The van der Waals surface area contributed by atoms with E-state index in [9.17, 15) is 18.9 Å². The summed E-state index contributed by atoms with van der Waals surface area (Å²) in [4.78, 5) is 18.0. The van der Waals surface area contributed by atoms with Gasteiger partial charge < -0.3 is 20.4 Å². The number of aromatic nitrogens is 2. The van der Waals surface area contributed by atoms with Gasteiger partial charge in [-0.1, -0.05) is 0 Å². The zero-order valence-electron chi connectivity index (χ0n) is 11.1. The van der Waals surface area contributed by atoms with Crippen molar-refractivity contribution in [1.29, 1.82) is 0 Å². The lowest BCUT2D eigenvalue weighted by Gasteiger charge is -2.35. The number of ether oxygens (including phenoxy) is 1. The summed E-state index contributed by atoms with van der Waals surface area (Å²) in [5.41, 5.74) is 5.64. The highest BCUT2D eigenvalue weighted by atomic mass is 19.2. The number of H-pyrrole nitrogens is 1. The van der Waals surface area contributed by atoms with Crippen LogP contribution < -0.4 is 15.4 Å². The van der Waals surface area contributed by atoms with Crippen LogP contribution >= 0.6 is 0 Å². The van der Waals surface area contributed by atoms with Crippen molar-refractivity contribution in [2.45, 2.75) is 6.17 Å². The Bertz CT molecular complexity index is 722. The Kier molecular flexibility index (Phi) is 3.37. The lowest BCUT2D eigenvalue weighted by atomic mass is 10.1. The number of hydrogen-bond donors (Lipinski definition) is 2. The number of fused-ring (bicyclic) bond motifs is 1. The van der Waals surface area contributed by atoms with Crippen LogP contribution in [0.5, 0.6) is 5.75 Å². The van der Waals surface area contributed by atoms with Crippen LogP contribution in [0, 0.1) is 21.7 Å². The Morgan fingerprint density at radius 2 is 2.27 bits per heavy atom. The van der Waals surface area contributed by atoms with Gasteiger partial charge in [0, 0.05) is 6.07 Å². The number of nitrogens with zero attached hydrogens (tertiary/aromatic N) is 3. The number of hydrogen-bond acceptors (Lipinski definition) is 6. The van der Waals surface area contributed by atoms with Gasteiger partial charge in [-0.25, -0.2) is 4.98 Å². The maximum absolute atomic E-state index is 14.0. The molecule has 1 atom stereocenters. The van der Waals surface area contributed by atoms with Crippen molar-refractivity contribution in [2.24, 2.45) is 5.73 Å². The van der Waals surface area contributed by atoms with E-state index < -0.39 is 28.4 Å².